The van der Waals surface area contributed by atoms with Gasteiger partial charge in [0.1, 0.15) is 18.6 Å². The quantitative estimate of drug-likeness (QED) is 0.506. The first-order valence-electron chi connectivity index (χ1n) is 10.4. The van der Waals surface area contributed by atoms with Gasteiger partial charge in [-0.25, -0.2) is 9.98 Å². The summed E-state index contributed by atoms with van der Waals surface area (Å²) in [5.41, 5.74) is 0.459. The Hall–Kier alpha value is -0.670. The molecule has 2 rings (SSSR count). The van der Waals surface area contributed by atoms with E-state index in [0.29, 0.717) is 43.0 Å². The van der Waals surface area contributed by atoms with E-state index in [1.165, 1.54) is 0 Å². The van der Waals surface area contributed by atoms with Crippen LogP contribution in [0.5, 0.6) is 0 Å². The first kappa shape index (κ1) is 22.6. The highest BCUT2D eigenvalue weighted by molar-refractivity contribution is 7.54. The summed E-state index contributed by atoms with van der Waals surface area (Å²) in [6.45, 7) is 21.6. The lowest BCUT2D eigenvalue weighted by Gasteiger charge is -2.32. The Labute approximate surface area is 167 Å². The predicted molar refractivity (Wildman–Crippen MR) is 115 cm³/mol. The van der Waals surface area contributed by atoms with Gasteiger partial charge in [-0.05, 0) is 30.1 Å². The molecular weight excluding hydrogens is 359 g/mol. The maximum Gasteiger partial charge on any atom is 0.201 e. The fourth-order valence-corrected chi connectivity index (χ4v) is 5.57. The molecule has 0 aromatic rings. The van der Waals surface area contributed by atoms with Crippen molar-refractivity contribution in [3.63, 3.8) is 0 Å². The van der Waals surface area contributed by atoms with Crippen LogP contribution in [0.25, 0.3) is 0 Å². The molecule has 0 unspecified atom stereocenters. The monoisotopic (exact) mass is 398 g/mol. The zero-order chi connectivity index (χ0) is 20.4. The molecule has 27 heavy (non-hydrogen) atoms. The van der Waals surface area contributed by atoms with Crippen molar-refractivity contribution >= 4 is 19.9 Å². The molecule has 0 N–H and O–H groups in total. The Kier molecular flexibility index (Phi) is 7.72. The number of ether oxygens (including phenoxy) is 2. The minimum Gasteiger partial charge on any atom is -0.478 e. The highest BCUT2D eigenvalue weighted by Crippen LogP contribution is 2.48. The average molecular weight is 399 g/mol. The zero-order valence-electron chi connectivity index (χ0n) is 18.7. The summed E-state index contributed by atoms with van der Waals surface area (Å²) in [4.78, 5) is 9.81. The topological polar surface area (TPSA) is 52.4 Å². The van der Waals surface area contributed by atoms with Crippen LogP contribution in [0, 0.1) is 17.3 Å². The van der Waals surface area contributed by atoms with E-state index >= 15 is 0 Å². The standard InChI is InChI=1S/C21H39N2O3P/c1-13(2)17-10-24-19(22-17)21(9,12-26-27(15(5)6)16(7)8)20-23-18(11-25-20)14(3)4/h13-18H,10-12H2,1-9H3/t17-,18-/m1/s1. The van der Waals surface area contributed by atoms with Crippen LogP contribution in [0.15, 0.2) is 9.98 Å². The van der Waals surface area contributed by atoms with E-state index < -0.39 is 13.6 Å². The van der Waals surface area contributed by atoms with Gasteiger partial charge in [0.25, 0.3) is 0 Å². The van der Waals surface area contributed by atoms with Crippen molar-refractivity contribution in [1.29, 1.82) is 0 Å². The lowest BCUT2D eigenvalue weighted by Crippen LogP contribution is -2.41. The second kappa shape index (κ2) is 9.22. The minimum atomic E-state index is -0.558. The van der Waals surface area contributed by atoms with Crippen molar-refractivity contribution in [3.05, 3.63) is 0 Å². The van der Waals surface area contributed by atoms with Crippen molar-refractivity contribution in [3.8, 4) is 0 Å². The van der Waals surface area contributed by atoms with E-state index in [-0.39, 0.29) is 12.1 Å². The fourth-order valence-electron chi connectivity index (χ4n) is 3.38. The zero-order valence-corrected chi connectivity index (χ0v) is 19.5. The Morgan fingerprint density at radius 2 is 1.30 bits per heavy atom. The SMILES string of the molecule is CC(C)[C@H]1COC(C(C)(COP(C(C)C)C(C)C)C2=N[C@@H](C(C)C)CO2)=N1. The van der Waals surface area contributed by atoms with Crippen molar-refractivity contribution in [2.45, 2.75) is 85.7 Å². The summed E-state index contributed by atoms with van der Waals surface area (Å²) < 4.78 is 18.6. The Bertz CT molecular complexity index is 516. The maximum absolute atomic E-state index is 6.49. The van der Waals surface area contributed by atoms with Crippen molar-refractivity contribution in [1.82, 2.24) is 0 Å². The summed E-state index contributed by atoms with van der Waals surface area (Å²) in [6, 6.07) is 0.387. The van der Waals surface area contributed by atoms with Gasteiger partial charge in [-0.15, -0.1) is 0 Å². The highest BCUT2D eigenvalue weighted by Gasteiger charge is 2.46. The molecule has 0 radical (unpaired) electrons. The van der Waals surface area contributed by atoms with Crippen LogP contribution in [0.2, 0.25) is 0 Å². The average Bonchev–Trinajstić information content (AvgIpc) is 3.24. The molecule has 2 aliphatic heterocycles. The van der Waals surface area contributed by atoms with Crippen LogP contribution in [0.1, 0.15) is 62.3 Å². The Morgan fingerprint density at radius 3 is 1.59 bits per heavy atom. The number of rotatable bonds is 9. The molecule has 2 aliphatic rings. The lowest BCUT2D eigenvalue weighted by molar-refractivity contribution is 0.202. The van der Waals surface area contributed by atoms with Crippen molar-refractivity contribution < 1.29 is 14.0 Å². The van der Waals surface area contributed by atoms with Gasteiger partial charge in [0.05, 0.1) is 18.7 Å². The van der Waals surface area contributed by atoms with Gasteiger partial charge in [0.2, 0.25) is 11.8 Å². The van der Waals surface area contributed by atoms with Gasteiger partial charge < -0.3 is 14.0 Å². The number of nitrogens with zero attached hydrogens (tertiary/aromatic N) is 2. The molecule has 0 aromatic heterocycles. The third-order valence-corrected chi connectivity index (χ3v) is 7.81. The lowest BCUT2D eigenvalue weighted by atomic mass is 9.91. The molecule has 2 heterocycles. The molecule has 0 aliphatic carbocycles. The molecule has 0 spiro atoms. The van der Waals surface area contributed by atoms with Crippen LogP contribution in [0.4, 0.5) is 0 Å². The van der Waals surface area contributed by atoms with Gasteiger partial charge in [-0.3, -0.25) is 0 Å². The molecule has 0 fully saturated rings. The summed E-state index contributed by atoms with van der Waals surface area (Å²) >= 11 is 0. The molecule has 0 amide bonds. The first-order chi connectivity index (χ1) is 12.6. The van der Waals surface area contributed by atoms with E-state index in [1.54, 1.807) is 0 Å². The third kappa shape index (κ3) is 5.23. The molecule has 0 aromatic carbocycles. The van der Waals surface area contributed by atoms with Gasteiger partial charge >= 0.3 is 0 Å². The molecule has 5 nitrogen and oxygen atoms in total. The van der Waals surface area contributed by atoms with Gasteiger partial charge in [0.15, 0.2) is 0 Å². The molecule has 156 valence electrons. The maximum atomic E-state index is 6.49. The largest absolute Gasteiger partial charge is 0.478 e. The summed E-state index contributed by atoms with van der Waals surface area (Å²) in [5, 5.41) is 0. The third-order valence-electron chi connectivity index (χ3n) is 5.35. The number of aliphatic imine (C=N–C) groups is 2. The molecule has 6 heteroatoms. The summed E-state index contributed by atoms with van der Waals surface area (Å²) in [6.07, 6.45) is 0. The van der Waals surface area contributed by atoms with Crippen LogP contribution < -0.4 is 0 Å². The van der Waals surface area contributed by atoms with E-state index in [9.17, 15) is 0 Å². The van der Waals surface area contributed by atoms with Crippen LogP contribution in [-0.2, 0) is 14.0 Å². The molecule has 2 atom stereocenters. The molecule has 0 bridgehead atoms. The van der Waals surface area contributed by atoms with Crippen molar-refractivity contribution in [2.24, 2.45) is 27.2 Å². The first-order valence-corrected chi connectivity index (χ1v) is 11.8. The molecular formula is C21H39N2O3P. The Balaban J connectivity index is 2.29. The second-order valence-electron chi connectivity index (χ2n) is 9.27. The predicted octanol–water partition coefficient (Wildman–Crippen LogP) is 5.13. The van der Waals surface area contributed by atoms with Crippen molar-refractivity contribution in [2.75, 3.05) is 19.8 Å². The van der Waals surface area contributed by atoms with E-state index in [1.807, 2.05) is 0 Å². The summed E-state index contributed by atoms with van der Waals surface area (Å²) in [7, 11) is -0.540. The fraction of sp³-hybridized carbons (Fsp3) is 0.905. The number of hydrogen-bond donors (Lipinski definition) is 0. The minimum absolute atomic E-state index is 0.193. The Morgan fingerprint density at radius 1 is 0.889 bits per heavy atom. The van der Waals surface area contributed by atoms with Gasteiger partial charge in [0, 0.05) is 8.15 Å². The summed E-state index contributed by atoms with van der Waals surface area (Å²) in [5.74, 6) is 2.36. The normalized spacial score (nSPS) is 23.5. The smallest absolute Gasteiger partial charge is 0.201 e. The highest BCUT2D eigenvalue weighted by atomic mass is 31.1. The van der Waals surface area contributed by atoms with Crippen LogP contribution >= 0.6 is 8.15 Å². The van der Waals surface area contributed by atoms with Gasteiger partial charge in [-0.1, -0.05) is 55.4 Å². The van der Waals surface area contributed by atoms with E-state index in [0.717, 1.165) is 11.8 Å². The molecule has 0 saturated heterocycles. The second-order valence-corrected chi connectivity index (χ2v) is 12.3. The van der Waals surface area contributed by atoms with E-state index in [4.69, 9.17) is 24.0 Å². The van der Waals surface area contributed by atoms with Crippen LogP contribution in [-0.4, -0.2) is 55.0 Å². The van der Waals surface area contributed by atoms with E-state index in [2.05, 4.69) is 62.3 Å². The van der Waals surface area contributed by atoms with Crippen LogP contribution in [0.3, 0.4) is 0 Å². The van der Waals surface area contributed by atoms with Gasteiger partial charge in [-0.2, -0.15) is 0 Å². The molecule has 0 saturated carbocycles. The number of hydrogen-bond acceptors (Lipinski definition) is 5.